The fraction of sp³-hybridized carbons (Fsp3) is 0.909. The lowest BCUT2D eigenvalue weighted by Gasteiger charge is -2.12. The first-order chi connectivity index (χ1) is 8.22. The highest BCUT2D eigenvalue weighted by Gasteiger charge is 2.08. The summed E-state index contributed by atoms with van der Waals surface area (Å²) in [5, 5.41) is 5.62. The number of ether oxygens (including phenoxy) is 3. The van der Waals surface area contributed by atoms with E-state index in [-0.39, 0.29) is 11.9 Å². The van der Waals surface area contributed by atoms with Crippen molar-refractivity contribution in [3.63, 3.8) is 0 Å². The van der Waals surface area contributed by atoms with Crippen LogP contribution in [0.3, 0.4) is 0 Å². The number of amides is 1. The zero-order valence-electron chi connectivity index (χ0n) is 11.0. The summed E-state index contributed by atoms with van der Waals surface area (Å²) in [6, 6.07) is -0.193. The second-order valence-corrected chi connectivity index (χ2v) is 3.51. The summed E-state index contributed by atoms with van der Waals surface area (Å²) >= 11 is 0. The van der Waals surface area contributed by atoms with E-state index in [0.717, 1.165) is 0 Å². The van der Waals surface area contributed by atoms with Gasteiger partial charge in [-0.05, 0) is 6.92 Å². The maximum atomic E-state index is 11.1. The van der Waals surface area contributed by atoms with E-state index in [0.29, 0.717) is 39.6 Å². The van der Waals surface area contributed by atoms with Crippen molar-refractivity contribution in [3.8, 4) is 0 Å². The van der Waals surface area contributed by atoms with Crippen molar-refractivity contribution >= 4 is 5.91 Å². The van der Waals surface area contributed by atoms with E-state index in [1.165, 1.54) is 0 Å². The molecule has 6 heteroatoms. The highest BCUT2D eigenvalue weighted by atomic mass is 16.5. The Kier molecular flexibility index (Phi) is 11.3. The third kappa shape index (κ3) is 10.2. The standard InChI is InChI=1S/C11H24N2O4/c1-10(11(14)12-2)13-4-5-16-8-9-17-7-6-15-3/h10,13H,4-9H2,1-3H3,(H,12,14). The first-order valence-electron chi connectivity index (χ1n) is 5.81. The molecule has 0 spiro atoms. The summed E-state index contributed by atoms with van der Waals surface area (Å²) in [5.74, 6) is -0.0205. The van der Waals surface area contributed by atoms with Crippen LogP contribution in [0.15, 0.2) is 0 Å². The molecule has 17 heavy (non-hydrogen) atoms. The molecular weight excluding hydrogens is 224 g/mol. The third-order valence-electron chi connectivity index (χ3n) is 2.14. The smallest absolute Gasteiger partial charge is 0.236 e. The van der Waals surface area contributed by atoms with Crippen molar-refractivity contribution in [1.29, 1.82) is 0 Å². The average Bonchev–Trinajstić information content (AvgIpc) is 2.35. The maximum Gasteiger partial charge on any atom is 0.236 e. The van der Waals surface area contributed by atoms with E-state index < -0.39 is 0 Å². The molecule has 1 unspecified atom stereocenters. The third-order valence-corrected chi connectivity index (χ3v) is 2.14. The van der Waals surface area contributed by atoms with Gasteiger partial charge in [-0.3, -0.25) is 4.79 Å². The molecule has 0 saturated heterocycles. The molecule has 0 radical (unpaired) electrons. The largest absolute Gasteiger partial charge is 0.382 e. The fourth-order valence-electron chi connectivity index (χ4n) is 1.12. The van der Waals surface area contributed by atoms with E-state index in [9.17, 15) is 4.79 Å². The van der Waals surface area contributed by atoms with Crippen LogP contribution in [-0.2, 0) is 19.0 Å². The average molecular weight is 248 g/mol. The Bertz CT molecular complexity index is 190. The van der Waals surface area contributed by atoms with E-state index in [4.69, 9.17) is 14.2 Å². The number of likely N-dealkylation sites (N-methyl/N-ethyl adjacent to an activating group) is 1. The zero-order valence-corrected chi connectivity index (χ0v) is 11.0. The number of carbonyl (C=O) groups excluding carboxylic acids is 1. The van der Waals surface area contributed by atoms with Crippen LogP contribution in [0.5, 0.6) is 0 Å². The predicted molar refractivity (Wildman–Crippen MR) is 65.0 cm³/mol. The van der Waals surface area contributed by atoms with Gasteiger partial charge >= 0.3 is 0 Å². The molecule has 1 amide bonds. The van der Waals surface area contributed by atoms with Gasteiger partial charge in [-0.15, -0.1) is 0 Å². The molecule has 0 fully saturated rings. The Labute approximate surface area is 103 Å². The Balaban J connectivity index is 3.15. The Morgan fingerprint density at radius 2 is 1.71 bits per heavy atom. The van der Waals surface area contributed by atoms with Gasteiger partial charge in [0.05, 0.1) is 39.1 Å². The molecule has 0 bridgehead atoms. The molecule has 0 heterocycles. The number of hydrogen-bond donors (Lipinski definition) is 2. The molecular formula is C11H24N2O4. The van der Waals surface area contributed by atoms with Gasteiger partial charge in [-0.1, -0.05) is 0 Å². The summed E-state index contributed by atoms with van der Waals surface area (Å²) < 4.78 is 15.4. The van der Waals surface area contributed by atoms with Gasteiger partial charge in [-0.2, -0.15) is 0 Å². The predicted octanol–water partition coefficient (Wildman–Crippen LogP) is -0.610. The van der Waals surface area contributed by atoms with Crippen LogP contribution in [-0.4, -0.2) is 65.7 Å². The molecule has 0 aliphatic heterocycles. The Hall–Kier alpha value is -0.690. The Morgan fingerprint density at radius 3 is 2.29 bits per heavy atom. The molecule has 6 nitrogen and oxygen atoms in total. The van der Waals surface area contributed by atoms with Crippen molar-refractivity contribution in [1.82, 2.24) is 10.6 Å². The van der Waals surface area contributed by atoms with Crippen LogP contribution in [0.1, 0.15) is 6.92 Å². The normalized spacial score (nSPS) is 12.4. The molecule has 0 aromatic carbocycles. The van der Waals surface area contributed by atoms with E-state index in [1.807, 2.05) is 6.92 Å². The quantitative estimate of drug-likeness (QED) is 0.477. The lowest BCUT2D eigenvalue weighted by Crippen LogP contribution is -2.41. The van der Waals surface area contributed by atoms with Crippen molar-refractivity contribution in [2.75, 3.05) is 53.7 Å². The second-order valence-electron chi connectivity index (χ2n) is 3.51. The lowest BCUT2D eigenvalue weighted by atomic mass is 10.3. The minimum Gasteiger partial charge on any atom is -0.382 e. The maximum absolute atomic E-state index is 11.1. The van der Waals surface area contributed by atoms with Gasteiger partial charge in [-0.25, -0.2) is 0 Å². The highest BCUT2D eigenvalue weighted by Crippen LogP contribution is 1.82. The van der Waals surface area contributed by atoms with Crippen LogP contribution in [0.2, 0.25) is 0 Å². The molecule has 0 aliphatic carbocycles. The Morgan fingerprint density at radius 1 is 1.12 bits per heavy atom. The summed E-state index contributed by atoms with van der Waals surface area (Å²) in [6.45, 7) is 5.33. The minimum atomic E-state index is -0.193. The van der Waals surface area contributed by atoms with Crippen molar-refractivity contribution in [3.05, 3.63) is 0 Å². The summed E-state index contributed by atoms with van der Waals surface area (Å²) in [4.78, 5) is 11.1. The van der Waals surface area contributed by atoms with Crippen LogP contribution >= 0.6 is 0 Å². The van der Waals surface area contributed by atoms with Gasteiger partial charge in [0.2, 0.25) is 5.91 Å². The number of methoxy groups -OCH3 is 1. The van der Waals surface area contributed by atoms with Gasteiger partial charge in [0.25, 0.3) is 0 Å². The van der Waals surface area contributed by atoms with Crippen molar-refractivity contribution in [2.45, 2.75) is 13.0 Å². The molecule has 0 aliphatic rings. The van der Waals surface area contributed by atoms with Crippen LogP contribution < -0.4 is 10.6 Å². The number of rotatable bonds is 11. The van der Waals surface area contributed by atoms with Crippen LogP contribution in [0, 0.1) is 0 Å². The fourth-order valence-corrected chi connectivity index (χ4v) is 1.12. The summed E-state index contributed by atoms with van der Waals surface area (Å²) in [5.41, 5.74) is 0. The number of hydrogen-bond acceptors (Lipinski definition) is 5. The molecule has 1 atom stereocenters. The van der Waals surface area contributed by atoms with Crippen molar-refractivity contribution in [2.24, 2.45) is 0 Å². The van der Waals surface area contributed by atoms with Gasteiger partial charge < -0.3 is 24.8 Å². The molecule has 0 aromatic rings. The van der Waals surface area contributed by atoms with Crippen LogP contribution in [0.4, 0.5) is 0 Å². The topological polar surface area (TPSA) is 68.8 Å². The van der Waals surface area contributed by atoms with E-state index in [1.54, 1.807) is 14.2 Å². The SMILES string of the molecule is CNC(=O)C(C)NCCOCCOCCOC. The first-order valence-corrected chi connectivity index (χ1v) is 5.81. The number of nitrogens with one attached hydrogen (secondary N) is 2. The van der Waals surface area contributed by atoms with E-state index in [2.05, 4.69) is 10.6 Å². The van der Waals surface area contributed by atoms with Gasteiger partial charge in [0, 0.05) is 20.7 Å². The van der Waals surface area contributed by atoms with Gasteiger partial charge in [0.1, 0.15) is 0 Å². The molecule has 2 N–H and O–H groups in total. The monoisotopic (exact) mass is 248 g/mol. The summed E-state index contributed by atoms with van der Waals surface area (Å²) in [7, 11) is 3.26. The first kappa shape index (κ1) is 16.3. The van der Waals surface area contributed by atoms with Crippen molar-refractivity contribution < 1.29 is 19.0 Å². The highest BCUT2D eigenvalue weighted by molar-refractivity contribution is 5.80. The molecule has 0 aromatic heterocycles. The zero-order chi connectivity index (χ0) is 12.9. The van der Waals surface area contributed by atoms with Gasteiger partial charge in [0.15, 0.2) is 0 Å². The number of carbonyl (C=O) groups is 1. The lowest BCUT2D eigenvalue weighted by molar-refractivity contribution is -0.122. The minimum absolute atomic E-state index is 0.0205. The van der Waals surface area contributed by atoms with Crippen LogP contribution in [0.25, 0.3) is 0 Å². The summed E-state index contributed by atoms with van der Waals surface area (Å²) in [6.07, 6.45) is 0. The molecule has 0 saturated carbocycles. The second kappa shape index (κ2) is 11.8. The molecule has 102 valence electrons. The van der Waals surface area contributed by atoms with E-state index >= 15 is 0 Å². The molecule has 0 rings (SSSR count).